The van der Waals surface area contributed by atoms with Gasteiger partial charge in [-0.15, -0.1) is 0 Å². The lowest BCUT2D eigenvalue weighted by Crippen LogP contribution is -2.51. The number of aromatic nitrogens is 1. The highest BCUT2D eigenvalue weighted by atomic mass is 15.0. The Labute approximate surface area is 119 Å². The first-order valence-electron chi connectivity index (χ1n) is 7.21. The first kappa shape index (κ1) is 12.9. The quantitative estimate of drug-likeness (QED) is 0.752. The van der Waals surface area contributed by atoms with Gasteiger partial charge in [-0.2, -0.15) is 0 Å². The summed E-state index contributed by atoms with van der Waals surface area (Å²) in [4.78, 5) is 0. The van der Waals surface area contributed by atoms with Crippen LogP contribution < -0.4 is 5.73 Å². The predicted octanol–water partition coefficient (Wildman–Crippen LogP) is 2.78. The summed E-state index contributed by atoms with van der Waals surface area (Å²) in [5.41, 5.74) is 9.51. The van der Waals surface area contributed by atoms with Crippen LogP contribution in [0.2, 0.25) is 0 Å². The lowest BCUT2D eigenvalue weighted by atomic mass is 10.1. The van der Waals surface area contributed by atoms with Crippen molar-refractivity contribution in [3.05, 3.63) is 71.4 Å². The minimum Gasteiger partial charge on any atom is -0.357 e. The van der Waals surface area contributed by atoms with Crippen LogP contribution in [0.25, 0.3) is 10.9 Å². The van der Waals surface area contributed by atoms with Crippen LogP contribution in [-0.2, 0) is 13.0 Å². The number of quaternary nitrogens is 1. The van der Waals surface area contributed by atoms with Gasteiger partial charge in [-0.1, -0.05) is 48.5 Å². The van der Waals surface area contributed by atoms with Crippen LogP contribution in [-0.4, -0.2) is 11.1 Å². The van der Waals surface area contributed by atoms with Gasteiger partial charge in [0.1, 0.15) is 0 Å². The molecule has 0 unspecified atom stereocenters. The van der Waals surface area contributed by atoms with E-state index in [0.717, 1.165) is 19.5 Å². The fourth-order valence-corrected chi connectivity index (χ4v) is 2.96. The van der Waals surface area contributed by atoms with Gasteiger partial charge in [-0.25, -0.2) is 0 Å². The molecule has 0 radical (unpaired) electrons. The molecule has 3 N–H and O–H groups in total. The van der Waals surface area contributed by atoms with Crippen molar-refractivity contribution in [1.29, 1.82) is 0 Å². The second-order valence-corrected chi connectivity index (χ2v) is 5.26. The Hall–Kier alpha value is -2.06. The number of hydrogen-bond acceptors (Lipinski definition) is 0. The van der Waals surface area contributed by atoms with Crippen molar-refractivity contribution >= 4 is 10.9 Å². The van der Waals surface area contributed by atoms with E-state index >= 15 is 0 Å². The average molecular weight is 265 g/mol. The van der Waals surface area contributed by atoms with E-state index in [0.29, 0.717) is 0 Å². The van der Waals surface area contributed by atoms with Gasteiger partial charge in [0.15, 0.2) is 0 Å². The topological polar surface area (TPSA) is 32.6 Å². The minimum atomic E-state index is 0.935. The molecule has 0 bridgehead atoms. The molecule has 0 saturated carbocycles. The SMILES string of the molecule is Cc1c(CC[NH3+])c2ccccc2n1Cc1ccccc1. The van der Waals surface area contributed by atoms with Crippen molar-refractivity contribution in [3.8, 4) is 0 Å². The van der Waals surface area contributed by atoms with E-state index in [9.17, 15) is 0 Å². The molecule has 0 aliphatic heterocycles. The molecule has 0 aliphatic rings. The van der Waals surface area contributed by atoms with Crippen molar-refractivity contribution in [2.45, 2.75) is 19.9 Å². The van der Waals surface area contributed by atoms with Crippen LogP contribution in [0.5, 0.6) is 0 Å². The predicted molar refractivity (Wildman–Crippen MR) is 83.7 cm³/mol. The third-order valence-corrected chi connectivity index (χ3v) is 3.97. The molecule has 2 aromatic carbocycles. The minimum absolute atomic E-state index is 0.935. The first-order chi connectivity index (χ1) is 9.81. The van der Waals surface area contributed by atoms with Crippen molar-refractivity contribution in [2.24, 2.45) is 0 Å². The van der Waals surface area contributed by atoms with Crippen LogP contribution >= 0.6 is 0 Å². The molecule has 0 atom stereocenters. The van der Waals surface area contributed by atoms with Gasteiger partial charge in [0.25, 0.3) is 0 Å². The highest BCUT2D eigenvalue weighted by Gasteiger charge is 2.13. The van der Waals surface area contributed by atoms with Gasteiger partial charge >= 0.3 is 0 Å². The average Bonchev–Trinajstić information content (AvgIpc) is 2.75. The maximum absolute atomic E-state index is 4.01. The third kappa shape index (κ3) is 2.23. The zero-order chi connectivity index (χ0) is 13.9. The summed E-state index contributed by atoms with van der Waals surface area (Å²) < 4.78 is 2.43. The van der Waals surface area contributed by atoms with E-state index < -0.39 is 0 Å². The molecule has 0 spiro atoms. The number of benzene rings is 2. The zero-order valence-corrected chi connectivity index (χ0v) is 12.0. The molecule has 20 heavy (non-hydrogen) atoms. The van der Waals surface area contributed by atoms with Gasteiger partial charge in [0.2, 0.25) is 0 Å². The summed E-state index contributed by atoms with van der Waals surface area (Å²) in [6, 6.07) is 19.4. The molecule has 1 heterocycles. The summed E-state index contributed by atoms with van der Waals surface area (Å²) in [6.45, 7) is 4.11. The van der Waals surface area contributed by atoms with E-state index in [1.807, 2.05) is 0 Å². The molecule has 2 nitrogen and oxygen atoms in total. The number of hydrogen-bond donors (Lipinski definition) is 1. The van der Waals surface area contributed by atoms with Crippen molar-refractivity contribution in [2.75, 3.05) is 6.54 Å². The van der Waals surface area contributed by atoms with Gasteiger partial charge in [0, 0.05) is 29.6 Å². The molecule has 0 aliphatic carbocycles. The van der Waals surface area contributed by atoms with Crippen molar-refractivity contribution < 1.29 is 5.73 Å². The zero-order valence-electron chi connectivity index (χ0n) is 12.0. The fraction of sp³-hybridized carbons (Fsp3) is 0.222. The van der Waals surface area contributed by atoms with Crippen molar-refractivity contribution in [1.82, 2.24) is 4.57 Å². The lowest BCUT2D eigenvalue weighted by Gasteiger charge is -2.09. The lowest BCUT2D eigenvalue weighted by molar-refractivity contribution is -0.366. The second kappa shape index (κ2) is 5.51. The molecule has 0 fully saturated rings. The van der Waals surface area contributed by atoms with Gasteiger partial charge in [-0.3, -0.25) is 0 Å². The summed E-state index contributed by atoms with van der Waals surface area (Å²) in [6.07, 6.45) is 1.05. The molecule has 102 valence electrons. The smallest absolute Gasteiger partial charge is 0.0781 e. The van der Waals surface area contributed by atoms with E-state index in [1.165, 1.54) is 27.7 Å². The fourth-order valence-electron chi connectivity index (χ4n) is 2.96. The van der Waals surface area contributed by atoms with E-state index in [2.05, 4.69) is 71.8 Å². The largest absolute Gasteiger partial charge is 0.357 e. The molecule has 3 aromatic rings. The number of para-hydroxylation sites is 1. The normalized spacial score (nSPS) is 11.1. The number of rotatable bonds is 4. The van der Waals surface area contributed by atoms with Crippen LogP contribution in [0.15, 0.2) is 54.6 Å². The van der Waals surface area contributed by atoms with E-state index in [-0.39, 0.29) is 0 Å². The number of nitrogens with zero attached hydrogens (tertiary/aromatic N) is 1. The van der Waals surface area contributed by atoms with Gasteiger partial charge in [0.05, 0.1) is 6.54 Å². The molecule has 0 saturated heterocycles. The Morgan fingerprint density at radius 3 is 2.40 bits per heavy atom. The highest BCUT2D eigenvalue weighted by Crippen LogP contribution is 2.26. The summed E-state index contributed by atoms with van der Waals surface area (Å²) >= 11 is 0. The van der Waals surface area contributed by atoms with Crippen LogP contribution in [0.1, 0.15) is 16.8 Å². The molecule has 2 heteroatoms. The standard InChI is InChI=1S/C18H20N2/c1-14-16(11-12-19)17-9-5-6-10-18(17)20(14)13-15-7-3-2-4-8-15/h2-10H,11-13,19H2,1H3/p+1. The van der Waals surface area contributed by atoms with Crippen LogP contribution in [0.4, 0.5) is 0 Å². The number of fused-ring (bicyclic) bond motifs is 1. The maximum atomic E-state index is 4.01. The Kier molecular flexibility index (Phi) is 3.57. The van der Waals surface area contributed by atoms with Crippen LogP contribution in [0, 0.1) is 6.92 Å². The third-order valence-electron chi connectivity index (χ3n) is 3.97. The van der Waals surface area contributed by atoms with Crippen molar-refractivity contribution in [3.63, 3.8) is 0 Å². The van der Waals surface area contributed by atoms with Crippen LogP contribution in [0.3, 0.4) is 0 Å². The van der Waals surface area contributed by atoms with E-state index in [1.54, 1.807) is 0 Å². The van der Waals surface area contributed by atoms with Gasteiger partial charge in [-0.05, 0) is 24.1 Å². The first-order valence-corrected chi connectivity index (χ1v) is 7.21. The Bertz CT molecular complexity index is 711. The molecule has 0 amide bonds. The monoisotopic (exact) mass is 265 g/mol. The molecule has 1 aromatic heterocycles. The molecular formula is C18H21N2+. The second-order valence-electron chi connectivity index (χ2n) is 5.26. The highest BCUT2D eigenvalue weighted by molar-refractivity contribution is 5.85. The summed E-state index contributed by atoms with van der Waals surface area (Å²) in [5, 5.41) is 1.38. The Morgan fingerprint density at radius 2 is 1.65 bits per heavy atom. The maximum Gasteiger partial charge on any atom is 0.0781 e. The van der Waals surface area contributed by atoms with E-state index in [4.69, 9.17) is 0 Å². The molecular weight excluding hydrogens is 244 g/mol. The summed E-state index contributed by atoms with van der Waals surface area (Å²) in [5.74, 6) is 0. The Morgan fingerprint density at radius 1 is 0.950 bits per heavy atom. The summed E-state index contributed by atoms with van der Waals surface area (Å²) in [7, 11) is 0. The molecule has 3 rings (SSSR count). The Balaban J connectivity index is 2.12. The van der Waals surface area contributed by atoms with Gasteiger partial charge < -0.3 is 10.3 Å².